The summed E-state index contributed by atoms with van der Waals surface area (Å²) in [6.07, 6.45) is 2.45. The van der Waals surface area contributed by atoms with Gasteiger partial charge in [0.05, 0.1) is 10.6 Å². The molecule has 1 N–H and O–H groups in total. The zero-order valence-corrected chi connectivity index (χ0v) is 21.0. The molecule has 0 unspecified atom stereocenters. The zero-order valence-electron chi connectivity index (χ0n) is 20.1. The summed E-state index contributed by atoms with van der Waals surface area (Å²) in [5, 5.41) is 1.88. The molecule has 12 heteroatoms. The average molecular weight is 510 g/mol. The molecular weight excluding hydrogens is 482 g/mol. The molecule has 0 spiro atoms. The van der Waals surface area contributed by atoms with Crippen molar-refractivity contribution in [1.29, 1.82) is 0 Å². The van der Waals surface area contributed by atoms with Crippen molar-refractivity contribution in [2.45, 2.75) is 6.42 Å². The van der Waals surface area contributed by atoms with E-state index in [1.54, 1.807) is 12.1 Å². The molecule has 0 atom stereocenters. The minimum atomic E-state index is -0.427. The number of para-hydroxylation sites is 2. The topological polar surface area (TPSA) is 117 Å². The fraction of sp³-hybridized carbons (Fsp3) is 0.375. The van der Waals surface area contributed by atoms with Crippen LogP contribution in [0.1, 0.15) is 12.1 Å². The number of rotatable bonds is 7. The van der Waals surface area contributed by atoms with Gasteiger partial charge in [-0.25, -0.2) is 4.98 Å². The summed E-state index contributed by atoms with van der Waals surface area (Å²) in [5.41, 5.74) is 2.11. The van der Waals surface area contributed by atoms with E-state index in [1.807, 2.05) is 43.3 Å². The molecule has 188 valence electrons. The molecule has 3 aromatic rings. The highest BCUT2D eigenvalue weighted by atomic mass is 32.2. The molecule has 5 rings (SSSR count). The van der Waals surface area contributed by atoms with Crippen molar-refractivity contribution in [3.63, 3.8) is 0 Å². The fourth-order valence-electron chi connectivity index (χ4n) is 3.91. The summed E-state index contributed by atoms with van der Waals surface area (Å²) in [4.78, 5) is 44.1. The molecular formula is C24H27N7O4S. The number of nitrogens with zero attached hydrogens (tertiary/aromatic N) is 6. The number of anilines is 2. The van der Waals surface area contributed by atoms with Gasteiger partial charge in [0.1, 0.15) is 12.1 Å². The minimum absolute atomic E-state index is 0.293. The number of ether oxygens (including phenoxy) is 1. The minimum Gasteiger partial charge on any atom is -0.476 e. The predicted molar refractivity (Wildman–Crippen MR) is 138 cm³/mol. The first-order chi connectivity index (χ1) is 17.4. The fourth-order valence-corrected chi connectivity index (χ4v) is 4.58. The van der Waals surface area contributed by atoms with Crippen LogP contribution in [0.2, 0.25) is 0 Å². The molecule has 11 nitrogen and oxygen atoms in total. The van der Waals surface area contributed by atoms with Crippen molar-refractivity contribution < 1.29 is 18.7 Å². The molecule has 2 aliphatic heterocycles. The summed E-state index contributed by atoms with van der Waals surface area (Å²) < 4.78 is 11.9. The zero-order chi connectivity index (χ0) is 25.1. The van der Waals surface area contributed by atoms with E-state index >= 15 is 0 Å². The number of likely N-dealkylation sites (N-methyl/N-ethyl adjacent to an activating group) is 1. The maximum Gasteiger partial charge on any atom is 0.298 e. The SMILES string of the molecule is CN(C)CCOc1cc(/C=C2\SC(=O)NC2=O)nc(N2CCCN(c3nc4ccccc4o3)CC2)n1. The van der Waals surface area contributed by atoms with E-state index in [4.69, 9.17) is 9.15 Å². The van der Waals surface area contributed by atoms with Crippen LogP contribution < -0.4 is 19.9 Å². The van der Waals surface area contributed by atoms with Gasteiger partial charge in [-0.3, -0.25) is 14.9 Å². The van der Waals surface area contributed by atoms with Crippen molar-refractivity contribution in [3.05, 3.63) is 40.9 Å². The van der Waals surface area contributed by atoms with Crippen LogP contribution in [-0.2, 0) is 4.79 Å². The van der Waals surface area contributed by atoms with Gasteiger partial charge < -0.3 is 23.9 Å². The molecule has 2 aromatic heterocycles. The Kier molecular flexibility index (Phi) is 7.05. The first-order valence-corrected chi connectivity index (χ1v) is 12.5. The molecule has 2 saturated heterocycles. The van der Waals surface area contributed by atoms with Gasteiger partial charge in [-0.1, -0.05) is 12.1 Å². The quantitative estimate of drug-likeness (QED) is 0.474. The highest BCUT2D eigenvalue weighted by molar-refractivity contribution is 8.18. The number of amides is 2. The van der Waals surface area contributed by atoms with Crippen LogP contribution in [0, 0.1) is 0 Å². The van der Waals surface area contributed by atoms with E-state index in [9.17, 15) is 9.59 Å². The first kappa shape index (κ1) is 24.1. The van der Waals surface area contributed by atoms with E-state index in [-0.39, 0.29) is 0 Å². The van der Waals surface area contributed by atoms with Crippen LogP contribution in [0.3, 0.4) is 0 Å². The van der Waals surface area contributed by atoms with Gasteiger partial charge in [0.25, 0.3) is 17.2 Å². The van der Waals surface area contributed by atoms with Gasteiger partial charge in [-0.05, 0) is 50.5 Å². The highest BCUT2D eigenvalue weighted by Gasteiger charge is 2.26. The third-order valence-electron chi connectivity index (χ3n) is 5.75. The molecule has 0 aliphatic carbocycles. The number of benzene rings is 1. The van der Waals surface area contributed by atoms with Crippen molar-refractivity contribution in [3.8, 4) is 5.88 Å². The number of aromatic nitrogens is 3. The number of nitrogens with one attached hydrogen (secondary N) is 1. The number of oxazole rings is 1. The van der Waals surface area contributed by atoms with Gasteiger partial charge in [0.2, 0.25) is 11.8 Å². The Hall–Kier alpha value is -3.64. The molecule has 2 fully saturated rings. The Morgan fingerprint density at radius 1 is 1.11 bits per heavy atom. The van der Waals surface area contributed by atoms with E-state index in [0.717, 1.165) is 48.9 Å². The Morgan fingerprint density at radius 2 is 1.92 bits per heavy atom. The lowest BCUT2D eigenvalue weighted by Crippen LogP contribution is -2.32. The lowest BCUT2D eigenvalue weighted by molar-refractivity contribution is -0.115. The van der Waals surface area contributed by atoms with Crippen LogP contribution in [0.25, 0.3) is 17.2 Å². The van der Waals surface area contributed by atoms with E-state index in [1.165, 1.54) is 0 Å². The monoisotopic (exact) mass is 509 g/mol. The Labute approximate surface area is 212 Å². The number of fused-ring (bicyclic) bond motifs is 1. The molecule has 36 heavy (non-hydrogen) atoms. The second-order valence-corrected chi connectivity index (χ2v) is 9.74. The van der Waals surface area contributed by atoms with E-state index in [0.29, 0.717) is 48.1 Å². The second kappa shape index (κ2) is 10.5. The first-order valence-electron chi connectivity index (χ1n) is 11.7. The molecule has 1 aromatic carbocycles. The molecule has 2 amide bonds. The second-order valence-electron chi connectivity index (χ2n) is 8.73. The Bertz CT molecular complexity index is 1280. The third-order valence-corrected chi connectivity index (χ3v) is 6.56. The smallest absolute Gasteiger partial charge is 0.298 e. The lowest BCUT2D eigenvalue weighted by atomic mass is 10.3. The van der Waals surface area contributed by atoms with Gasteiger partial charge in [0.15, 0.2) is 5.58 Å². The van der Waals surface area contributed by atoms with Crippen LogP contribution >= 0.6 is 11.8 Å². The summed E-state index contributed by atoms with van der Waals surface area (Å²) >= 11 is 0.856. The van der Waals surface area contributed by atoms with E-state index in [2.05, 4.69) is 30.1 Å². The average Bonchev–Trinajstić information content (AvgIpc) is 3.30. The third kappa shape index (κ3) is 5.60. The number of imide groups is 1. The number of carbonyl (C=O) groups excluding carboxylic acids is 2. The van der Waals surface area contributed by atoms with Gasteiger partial charge in [-0.15, -0.1) is 0 Å². The van der Waals surface area contributed by atoms with Crippen LogP contribution in [0.4, 0.5) is 16.8 Å². The van der Waals surface area contributed by atoms with Crippen molar-refractivity contribution in [1.82, 2.24) is 25.2 Å². The summed E-state index contributed by atoms with van der Waals surface area (Å²) in [5.74, 6) is 0.505. The molecule has 0 saturated carbocycles. The van der Waals surface area contributed by atoms with Crippen LogP contribution in [-0.4, -0.2) is 84.4 Å². The van der Waals surface area contributed by atoms with Crippen molar-refractivity contribution in [2.24, 2.45) is 0 Å². The van der Waals surface area contributed by atoms with Crippen LogP contribution in [0.15, 0.2) is 39.7 Å². The summed E-state index contributed by atoms with van der Waals surface area (Å²) in [6.45, 7) is 4.05. The van der Waals surface area contributed by atoms with Crippen molar-refractivity contribution >= 4 is 52.0 Å². The summed E-state index contributed by atoms with van der Waals surface area (Å²) in [6, 6.07) is 10.0. The normalized spacial score (nSPS) is 17.8. The Balaban J connectivity index is 1.37. The standard InChI is InChI=1S/C24H27N7O4S/c1-29(2)12-13-34-20-15-16(14-19-21(32)28-24(33)36-19)25-22(27-20)30-8-5-9-31(11-10-30)23-26-17-6-3-4-7-18(17)35-23/h3-4,6-7,14-15H,5,8-13H2,1-2H3,(H,28,32,33)/b19-14-. The highest BCUT2D eigenvalue weighted by Crippen LogP contribution is 2.27. The molecule has 0 bridgehead atoms. The van der Waals surface area contributed by atoms with Gasteiger partial charge in [-0.2, -0.15) is 9.97 Å². The number of hydrogen-bond donors (Lipinski definition) is 1. The largest absolute Gasteiger partial charge is 0.476 e. The maximum absolute atomic E-state index is 12.1. The molecule has 0 radical (unpaired) electrons. The Morgan fingerprint density at radius 3 is 2.69 bits per heavy atom. The predicted octanol–water partition coefficient (Wildman–Crippen LogP) is 2.60. The van der Waals surface area contributed by atoms with Crippen LogP contribution in [0.5, 0.6) is 5.88 Å². The van der Waals surface area contributed by atoms with Crippen molar-refractivity contribution in [2.75, 3.05) is 63.2 Å². The number of carbonyl (C=O) groups is 2. The molecule has 2 aliphatic rings. The summed E-state index contributed by atoms with van der Waals surface area (Å²) in [7, 11) is 3.94. The number of thioether (sulfide) groups is 1. The maximum atomic E-state index is 12.1. The van der Waals surface area contributed by atoms with E-state index < -0.39 is 11.1 Å². The van der Waals surface area contributed by atoms with Gasteiger partial charge >= 0.3 is 0 Å². The lowest BCUT2D eigenvalue weighted by Gasteiger charge is -2.22. The van der Waals surface area contributed by atoms with Gasteiger partial charge in [0, 0.05) is 38.8 Å². The molecule has 4 heterocycles. The number of hydrogen-bond acceptors (Lipinski definition) is 11.